The summed E-state index contributed by atoms with van der Waals surface area (Å²) in [6.45, 7) is 4.72. The molecule has 0 aromatic rings. The number of nitrogens with one attached hydrogen (secondary N) is 1. The van der Waals surface area contributed by atoms with Crippen LogP contribution in [0.3, 0.4) is 0 Å². The summed E-state index contributed by atoms with van der Waals surface area (Å²) in [5, 5.41) is 3.21. The van der Waals surface area contributed by atoms with E-state index in [0.717, 1.165) is 44.6 Å². The molecule has 2 aliphatic heterocycles. The first kappa shape index (κ1) is 17.6. The third kappa shape index (κ3) is 4.38. The van der Waals surface area contributed by atoms with Crippen molar-refractivity contribution in [3.05, 3.63) is 0 Å². The van der Waals surface area contributed by atoms with Gasteiger partial charge in [-0.05, 0) is 38.8 Å². The number of carbonyl (C=O) groups is 2. The molecule has 2 saturated heterocycles. The van der Waals surface area contributed by atoms with Gasteiger partial charge in [0.1, 0.15) is 6.04 Å². The number of piperidine rings is 1. The van der Waals surface area contributed by atoms with Crippen LogP contribution in [0.25, 0.3) is 0 Å². The van der Waals surface area contributed by atoms with Gasteiger partial charge in [0.05, 0.1) is 5.88 Å². The summed E-state index contributed by atoms with van der Waals surface area (Å²) < 4.78 is 0. The molecule has 1 N–H and O–H groups in total. The number of hydrogen-bond donors (Lipinski definition) is 1. The van der Waals surface area contributed by atoms with Gasteiger partial charge in [-0.25, -0.2) is 0 Å². The van der Waals surface area contributed by atoms with Crippen LogP contribution in [0.15, 0.2) is 0 Å². The number of nitrogens with zero attached hydrogens (tertiary/aromatic N) is 2. The Balaban J connectivity index is 1.93. The molecule has 2 atom stereocenters. The SMILES string of the molecule is CCCCC(=O)N1CSCC1C(=O)N1CCCC(CNC)C1. The molecule has 126 valence electrons. The van der Waals surface area contributed by atoms with E-state index in [1.54, 1.807) is 11.8 Å². The van der Waals surface area contributed by atoms with Crippen LogP contribution in [0.2, 0.25) is 0 Å². The molecule has 2 rings (SSSR count). The highest BCUT2D eigenvalue weighted by Gasteiger charge is 2.37. The highest BCUT2D eigenvalue weighted by atomic mass is 32.2. The van der Waals surface area contributed by atoms with E-state index in [4.69, 9.17) is 0 Å². The fraction of sp³-hybridized carbons (Fsp3) is 0.875. The Morgan fingerprint density at radius 2 is 2.18 bits per heavy atom. The second-order valence-corrected chi connectivity index (χ2v) is 7.33. The van der Waals surface area contributed by atoms with Crippen LogP contribution in [0, 0.1) is 5.92 Å². The molecule has 5 nitrogen and oxygen atoms in total. The lowest BCUT2D eigenvalue weighted by Crippen LogP contribution is -2.52. The number of hydrogen-bond acceptors (Lipinski definition) is 4. The largest absolute Gasteiger partial charge is 0.341 e. The number of thioether (sulfide) groups is 1. The van der Waals surface area contributed by atoms with Crippen molar-refractivity contribution < 1.29 is 9.59 Å². The van der Waals surface area contributed by atoms with Gasteiger partial charge in [-0.1, -0.05) is 13.3 Å². The molecular weight excluding hydrogens is 298 g/mol. The predicted octanol–water partition coefficient (Wildman–Crippen LogP) is 1.54. The Kier molecular flexibility index (Phi) is 7.02. The number of rotatable bonds is 6. The number of unbranched alkanes of at least 4 members (excludes halogenated alkanes) is 1. The lowest BCUT2D eigenvalue weighted by molar-refractivity contribution is -0.144. The van der Waals surface area contributed by atoms with Crippen LogP contribution >= 0.6 is 11.8 Å². The second kappa shape index (κ2) is 8.77. The summed E-state index contributed by atoms with van der Waals surface area (Å²) in [6, 6.07) is -0.234. The van der Waals surface area contributed by atoms with Crippen molar-refractivity contribution in [3.8, 4) is 0 Å². The number of likely N-dealkylation sites (tertiary alicyclic amines) is 1. The van der Waals surface area contributed by atoms with Crippen molar-refractivity contribution in [1.29, 1.82) is 0 Å². The predicted molar refractivity (Wildman–Crippen MR) is 90.7 cm³/mol. The molecule has 2 amide bonds. The van der Waals surface area contributed by atoms with E-state index < -0.39 is 0 Å². The Hall–Kier alpha value is -0.750. The minimum Gasteiger partial charge on any atom is -0.341 e. The summed E-state index contributed by atoms with van der Waals surface area (Å²) in [5.41, 5.74) is 0. The monoisotopic (exact) mass is 327 g/mol. The first-order valence-corrected chi connectivity index (χ1v) is 9.63. The zero-order valence-electron chi connectivity index (χ0n) is 13.8. The molecule has 0 bridgehead atoms. The van der Waals surface area contributed by atoms with E-state index in [2.05, 4.69) is 12.2 Å². The maximum absolute atomic E-state index is 12.8. The van der Waals surface area contributed by atoms with Crippen molar-refractivity contribution in [1.82, 2.24) is 15.1 Å². The first-order valence-electron chi connectivity index (χ1n) is 8.48. The Morgan fingerprint density at radius 3 is 2.91 bits per heavy atom. The molecule has 2 unspecified atom stereocenters. The molecule has 0 radical (unpaired) electrons. The molecule has 0 aromatic heterocycles. The fourth-order valence-electron chi connectivity index (χ4n) is 3.30. The van der Waals surface area contributed by atoms with Gasteiger partial charge in [-0.2, -0.15) is 0 Å². The normalized spacial score (nSPS) is 25.5. The van der Waals surface area contributed by atoms with E-state index in [0.29, 0.717) is 18.2 Å². The van der Waals surface area contributed by atoms with Gasteiger partial charge in [-0.3, -0.25) is 9.59 Å². The zero-order chi connectivity index (χ0) is 15.9. The summed E-state index contributed by atoms with van der Waals surface area (Å²) >= 11 is 1.70. The molecule has 0 aliphatic carbocycles. The molecule has 6 heteroatoms. The third-order valence-electron chi connectivity index (χ3n) is 4.56. The second-order valence-electron chi connectivity index (χ2n) is 6.33. The van der Waals surface area contributed by atoms with Gasteiger partial charge >= 0.3 is 0 Å². The maximum Gasteiger partial charge on any atom is 0.246 e. The number of amides is 2. The molecule has 2 aliphatic rings. The van der Waals surface area contributed by atoms with Crippen molar-refractivity contribution in [3.63, 3.8) is 0 Å². The first-order chi connectivity index (χ1) is 10.7. The van der Waals surface area contributed by atoms with Gasteiger partial charge < -0.3 is 15.1 Å². The molecule has 2 heterocycles. The minimum atomic E-state index is -0.234. The van der Waals surface area contributed by atoms with E-state index in [-0.39, 0.29) is 17.9 Å². The lowest BCUT2D eigenvalue weighted by Gasteiger charge is -2.36. The van der Waals surface area contributed by atoms with Crippen molar-refractivity contribution in [2.24, 2.45) is 5.92 Å². The standard InChI is InChI=1S/C16H29N3O2S/c1-3-4-7-15(20)19-12-22-11-14(19)16(21)18-8-5-6-13(10-18)9-17-2/h13-14,17H,3-12H2,1-2H3. The molecular formula is C16H29N3O2S. The van der Waals surface area contributed by atoms with E-state index in [1.165, 1.54) is 6.42 Å². The Morgan fingerprint density at radius 1 is 1.36 bits per heavy atom. The van der Waals surface area contributed by atoms with Gasteiger partial charge in [0.2, 0.25) is 11.8 Å². The molecule has 0 spiro atoms. The van der Waals surface area contributed by atoms with Crippen LogP contribution in [0.5, 0.6) is 0 Å². The zero-order valence-corrected chi connectivity index (χ0v) is 14.7. The Bertz CT molecular complexity index is 390. The summed E-state index contributed by atoms with van der Waals surface area (Å²) in [6.07, 6.45) is 4.76. The fourth-order valence-corrected chi connectivity index (χ4v) is 4.47. The molecule has 0 aromatic carbocycles. The van der Waals surface area contributed by atoms with Crippen LogP contribution < -0.4 is 5.32 Å². The summed E-state index contributed by atoms with van der Waals surface area (Å²) in [7, 11) is 1.96. The van der Waals surface area contributed by atoms with Crippen molar-refractivity contribution in [2.75, 3.05) is 38.3 Å². The van der Waals surface area contributed by atoms with E-state index in [9.17, 15) is 9.59 Å². The van der Waals surface area contributed by atoms with Gasteiger partial charge in [0.15, 0.2) is 0 Å². The van der Waals surface area contributed by atoms with Gasteiger partial charge in [0.25, 0.3) is 0 Å². The molecule has 0 saturated carbocycles. The summed E-state index contributed by atoms with van der Waals surface area (Å²) in [5.74, 6) is 2.28. The molecule has 22 heavy (non-hydrogen) atoms. The van der Waals surface area contributed by atoms with Gasteiger partial charge in [-0.15, -0.1) is 11.8 Å². The average Bonchev–Trinajstić information content (AvgIpc) is 3.02. The van der Waals surface area contributed by atoms with E-state index >= 15 is 0 Å². The van der Waals surface area contributed by atoms with E-state index in [1.807, 2.05) is 16.8 Å². The van der Waals surface area contributed by atoms with Crippen LogP contribution in [0.4, 0.5) is 0 Å². The lowest BCUT2D eigenvalue weighted by atomic mass is 9.97. The molecule has 2 fully saturated rings. The van der Waals surface area contributed by atoms with Crippen molar-refractivity contribution in [2.45, 2.75) is 45.1 Å². The minimum absolute atomic E-state index is 0.147. The van der Waals surface area contributed by atoms with Crippen LogP contribution in [-0.2, 0) is 9.59 Å². The number of carbonyl (C=O) groups excluding carboxylic acids is 2. The van der Waals surface area contributed by atoms with Crippen LogP contribution in [0.1, 0.15) is 39.0 Å². The Labute approximate surface area is 138 Å². The van der Waals surface area contributed by atoms with Crippen molar-refractivity contribution >= 4 is 23.6 Å². The maximum atomic E-state index is 12.8. The topological polar surface area (TPSA) is 52.7 Å². The summed E-state index contributed by atoms with van der Waals surface area (Å²) in [4.78, 5) is 28.9. The third-order valence-corrected chi connectivity index (χ3v) is 5.57. The van der Waals surface area contributed by atoms with Crippen LogP contribution in [-0.4, -0.2) is 66.0 Å². The smallest absolute Gasteiger partial charge is 0.246 e. The quantitative estimate of drug-likeness (QED) is 0.804. The highest BCUT2D eigenvalue weighted by Crippen LogP contribution is 2.26. The average molecular weight is 327 g/mol. The highest BCUT2D eigenvalue weighted by molar-refractivity contribution is 7.99. The van der Waals surface area contributed by atoms with Gasteiger partial charge in [0, 0.05) is 25.3 Å².